The molecule has 0 aliphatic rings. The molecule has 0 aliphatic carbocycles. The second kappa shape index (κ2) is 10.1. The average Bonchev–Trinajstić information content (AvgIpc) is 2.19. The molecule has 0 atom stereocenters. The zero-order chi connectivity index (χ0) is 12.5. The molecule has 0 saturated heterocycles. The summed E-state index contributed by atoms with van der Waals surface area (Å²) in [5, 5.41) is 0. The quantitative estimate of drug-likeness (QED) is 0.562. The van der Waals surface area contributed by atoms with E-state index >= 15 is 0 Å². The van der Waals surface area contributed by atoms with Gasteiger partial charge < -0.3 is 0 Å². The van der Waals surface area contributed by atoms with Crippen molar-refractivity contribution in [2.75, 3.05) is 33.0 Å². The molecule has 0 aromatic heterocycles. The van der Waals surface area contributed by atoms with Crippen LogP contribution in [0.2, 0.25) is 0 Å². The molecule has 0 fully saturated rings. The molecule has 104 valence electrons. The molecule has 0 radical (unpaired) electrons. The van der Waals surface area contributed by atoms with Crippen molar-refractivity contribution in [3.63, 3.8) is 0 Å². The van der Waals surface area contributed by atoms with E-state index < -0.39 is 17.8 Å². The zero-order valence-electron chi connectivity index (χ0n) is 11.0. The van der Waals surface area contributed by atoms with Crippen LogP contribution in [-0.2, 0) is 34.0 Å². The molecule has 0 bridgehead atoms. The Morgan fingerprint density at radius 1 is 0.529 bits per heavy atom. The van der Waals surface area contributed by atoms with Crippen LogP contribution in [0.4, 0.5) is 0 Å². The van der Waals surface area contributed by atoms with E-state index in [1.54, 1.807) is 0 Å². The Balaban J connectivity index is 0. The first kappa shape index (κ1) is 20.6. The van der Waals surface area contributed by atoms with Gasteiger partial charge in [0.1, 0.15) is 0 Å². The third kappa shape index (κ3) is 5.86. The minimum Gasteiger partial charge on any atom is 0.316 e. The van der Waals surface area contributed by atoms with Crippen molar-refractivity contribution in [3.8, 4) is 0 Å². The average molecular weight is 345 g/mol. The number of hydrogen-bond donors (Lipinski definition) is 0. The largest absolute Gasteiger partial charge is 0.316 e. The minimum atomic E-state index is -4.71. The Labute approximate surface area is 124 Å². The van der Waals surface area contributed by atoms with Gasteiger partial charge in [-0.05, 0) is 0 Å². The van der Waals surface area contributed by atoms with Crippen LogP contribution in [0.1, 0.15) is 34.6 Å². The van der Waals surface area contributed by atoms with Crippen molar-refractivity contribution in [2.45, 2.75) is 34.6 Å². The normalized spacial score (nSPS) is 13.8. The fourth-order valence-corrected chi connectivity index (χ4v) is 8.44. The summed E-state index contributed by atoms with van der Waals surface area (Å²) in [6.45, 7) is 11.6. The molecule has 0 heterocycles. The van der Waals surface area contributed by atoms with Gasteiger partial charge in [0, 0.05) is 0 Å². The van der Waals surface area contributed by atoms with Gasteiger partial charge >= 0.3 is 125 Å². The van der Waals surface area contributed by atoms with Gasteiger partial charge in [0.15, 0.2) is 0 Å². The molecule has 0 amide bonds. The Bertz CT molecular complexity index is 141. The van der Waals surface area contributed by atoms with Crippen molar-refractivity contribution in [1.29, 1.82) is 0 Å². The van der Waals surface area contributed by atoms with Crippen molar-refractivity contribution in [3.05, 3.63) is 0 Å². The molecule has 0 spiro atoms. The molecule has 0 unspecified atom stereocenters. The molecule has 0 aliphatic heterocycles. The number of rotatable bonds is 10. The van der Waals surface area contributed by atoms with Gasteiger partial charge in [0.25, 0.3) is 0 Å². The molecule has 7 heteroatoms. The Hall–Kier alpha value is 1.31. The van der Waals surface area contributed by atoms with Gasteiger partial charge in [-0.25, -0.2) is 0 Å². The van der Waals surface area contributed by atoms with E-state index in [1.165, 1.54) is 0 Å². The van der Waals surface area contributed by atoms with E-state index in [1.807, 2.05) is 34.6 Å². The first-order chi connectivity index (χ1) is 7.62. The third-order valence-electron chi connectivity index (χ3n) is 1.70. The van der Waals surface area contributed by atoms with Gasteiger partial charge in [-0.1, -0.05) is 0 Å². The predicted molar refractivity (Wildman–Crippen MR) is 66.7 cm³/mol. The first-order valence-electron chi connectivity index (χ1n) is 5.89. The summed E-state index contributed by atoms with van der Waals surface area (Å²) in [6.07, 6.45) is 0. The van der Waals surface area contributed by atoms with Gasteiger partial charge in [0.2, 0.25) is 0 Å². The van der Waals surface area contributed by atoms with Crippen LogP contribution in [0.5, 0.6) is 0 Å². The molecule has 17 heavy (non-hydrogen) atoms. The second-order valence-electron chi connectivity index (χ2n) is 2.83. The van der Waals surface area contributed by atoms with Crippen LogP contribution >= 0.6 is 0 Å². The number of hydrogen-bond acceptors (Lipinski definition) is 5. The monoisotopic (exact) mass is 344 g/mol. The smallest absolute Gasteiger partial charge is 0.316 e. The summed E-state index contributed by atoms with van der Waals surface area (Å²) in [5.41, 5.74) is 0. The summed E-state index contributed by atoms with van der Waals surface area (Å²) in [4.78, 5) is 0. The maximum absolute atomic E-state index is 5.69. The molecule has 0 saturated carbocycles. The van der Waals surface area contributed by atoms with Crippen LogP contribution in [0.15, 0.2) is 0 Å². The van der Waals surface area contributed by atoms with E-state index in [4.69, 9.17) is 16.2 Å². The van der Waals surface area contributed by atoms with Gasteiger partial charge in [-0.3, -0.25) is 0 Å². The Morgan fingerprint density at radius 2 is 0.706 bits per heavy atom. The molecule has 0 aromatic carbocycles. The van der Waals surface area contributed by atoms with E-state index in [0.717, 1.165) is 0 Å². The van der Waals surface area contributed by atoms with Crippen molar-refractivity contribution in [2.24, 2.45) is 0 Å². The van der Waals surface area contributed by atoms with Crippen molar-refractivity contribution in [1.82, 2.24) is 0 Å². The first-order valence-corrected chi connectivity index (χ1v) is 10.4. The van der Waals surface area contributed by atoms with Gasteiger partial charge in [0.05, 0.1) is 0 Å². The van der Waals surface area contributed by atoms with Gasteiger partial charge in [-0.2, -0.15) is 0 Å². The molecular formula is C10H27MgNbO5. The van der Waals surface area contributed by atoms with Gasteiger partial charge in [-0.15, -0.1) is 0 Å². The van der Waals surface area contributed by atoms with E-state index in [0.29, 0.717) is 33.0 Å². The van der Waals surface area contributed by atoms with Crippen LogP contribution in [0, 0.1) is 0 Å². The zero-order valence-corrected chi connectivity index (χ0v) is 13.2. The standard InChI is InChI=1S/5C2H5O.Mg.Nb.2H/c5*1-2-3;;;;/h5*2H2,1H3;;;;/q5*-1;;+5;;. The van der Waals surface area contributed by atoms with Crippen LogP contribution < -0.4 is 0 Å². The summed E-state index contributed by atoms with van der Waals surface area (Å²) < 4.78 is 28.5. The minimum absolute atomic E-state index is 0. The Morgan fingerprint density at radius 3 is 0.824 bits per heavy atom. The van der Waals surface area contributed by atoms with Crippen molar-refractivity contribution >= 4 is 23.1 Å². The van der Waals surface area contributed by atoms with E-state index in [2.05, 4.69) is 0 Å². The maximum Gasteiger partial charge on any atom is 0.316 e. The van der Waals surface area contributed by atoms with E-state index in [-0.39, 0.29) is 23.1 Å². The fraction of sp³-hybridized carbons (Fsp3) is 1.00. The molecular weight excluding hydrogens is 317 g/mol. The van der Waals surface area contributed by atoms with Crippen LogP contribution in [0.25, 0.3) is 0 Å². The summed E-state index contributed by atoms with van der Waals surface area (Å²) in [6, 6.07) is 0. The SMILES string of the molecule is CC[O][Nb]([O]CC)([O]CC)([O]CC)[O]CC.[MgH2]. The summed E-state index contributed by atoms with van der Waals surface area (Å²) in [5.74, 6) is 0. The van der Waals surface area contributed by atoms with Crippen LogP contribution in [-0.4, -0.2) is 56.1 Å². The molecule has 0 rings (SSSR count). The second-order valence-corrected chi connectivity index (χ2v) is 9.67. The Kier molecular flexibility index (Phi) is 12.3. The topological polar surface area (TPSA) is 46.2 Å². The van der Waals surface area contributed by atoms with E-state index in [9.17, 15) is 0 Å². The molecule has 0 N–H and O–H groups in total. The summed E-state index contributed by atoms with van der Waals surface area (Å²) >= 11 is -4.71. The third-order valence-corrected chi connectivity index (χ3v) is 10.1. The van der Waals surface area contributed by atoms with Crippen molar-refractivity contribution < 1.29 is 34.0 Å². The molecule has 5 nitrogen and oxygen atoms in total. The maximum atomic E-state index is 5.69. The predicted octanol–water partition coefficient (Wildman–Crippen LogP) is 1.52. The van der Waals surface area contributed by atoms with Crippen LogP contribution in [0.3, 0.4) is 0 Å². The summed E-state index contributed by atoms with van der Waals surface area (Å²) in [7, 11) is 0. The molecule has 0 aromatic rings. The fourth-order valence-electron chi connectivity index (χ4n) is 1.43.